The summed E-state index contributed by atoms with van der Waals surface area (Å²) in [4.78, 5) is 15.2. The van der Waals surface area contributed by atoms with Gasteiger partial charge >= 0.3 is 0 Å². The molecule has 0 spiro atoms. The van der Waals surface area contributed by atoms with Crippen molar-refractivity contribution in [2.24, 2.45) is 0 Å². The van der Waals surface area contributed by atoms with Gasteiger partial charge in [0.05, 0.1) is 54.7 Å². The van der Waals surface area contributed by atoms with Gasteiger partial charge in [-0.25, -0.2) is 17.9 Å². The van der Waals surface area contributed by atoms with Gasteiger partial charge in [0, 0.05) is 31.4 Å². The summed E-state index contributed by atoms with van der Waals surface area (Å²) in [5.74, 6) is -1.57. The molecule has 0 unspecified atom stereocenters. The van der Waals surface area contributed by atoms with Crippen molar-refractivity contribution >= 4 is 5.91 Å². The molecule has 4 aromatic rings. The van der Waals surface area contributed by atoms with E-state index in [4.69, 9.17) is 4.74 Å². The summed E-state index contributed by atoms with van der Waals surface area (Å²) in [5.41, 5.74) is 1.69. The number of benzene rings is 1. The fourth-order valence-electron chi connectivity index (χ4n) is 4.41. The molecule has 1 N–H and O–H groups in total. The molecule has 5 rings (SSSR count). The number of carbonyl (C=O) groups is 1. The highest BCUT2D eigenvalue weighted by Crippen LogP contribution is 2.27. The number of nitrogens with zero attached hydrogens (tertiary/aromatic N) is 8. The van der Waals surface area contributed by atoms with Crippen LogP contribution in [0.25, 0.3) is 5.69 Å². The van der Waals surface area contributed by atoms with Crippen LogP contribution in [0.1, 0.15) is 45.1 Å². The van der Waals surface area contributed by atoms with E-state index in [0.29, 0.717) is 17.1 Å². The van der Waals surface area contributed by atoms with Crippen molar-refractivity contribution in [1.82, 2.24) is 44.8 Å². The number of hydrogen-bond acceptors (Lipinski definition) is 7. The molecule has 1 aliphatic rings. The molecule has 0 saturated heterocycles. The monoisotopic (exact) mass is 529 g/mol. The highest BCUT2D eigenvalue weighted by molar-refractivity contribution is 5.95. The zero-order valence-electron chi connectivity index (χ0n) is 21.0. The maximum absolute atomic E-state index is 15.2. The van der Waals surface area contributed by atoms with Crippen molar-refractivity contribution in [1.29, 1.82) is 0 Å². The van der Waals surface area contributed by atoms with Gasteiger partial charge in [-0.15, -0.1) is 5.10 Å². The smallest absolute Gasteiger partial charge is 0.282 e. The topological polar surface area (TPSA) is 108 Å². The molecule has 14 heteroatoms. The Morgan fingerprint density at radius 3 is 2.74 bits per heavy atom. The van der Waals surface area contributed by atoms with Gasteiger partial charge in [0.15, 0.2) is 11.6 Å². The first-order chi connectivity index (χ1) is 18.2. The number of carbonyl (C=O) groups excluding carboxylic acids is 1. The molecule has 0 atom stereocenters. The normalized spacial score (nSPS) is 13.7. The molecule has 1 amide bonds. The van der Waals surface area contributed by atoms with E-state index in [9.17, 15) is 13.6 Å². The Morgan fingerprint density at radius 2 is 2.03 bits per heavy atom. The number of halogens is 3. The van der Waals surface area contributed by atoms with Gasteiger partial charge in [-0.1, -0.05) is 5.21 Å². The average molecular weight is 530 g/mol. The summed E-state index contributed by atoms with van der Waals surface area (Å²) >= 11 is 0. The number of amides is 1. The second-order valence-corrected chi connectivity index (χ2v) is 9.08. The number of aromatic nitrogens is 7. The lowest BCUT2D eigenvalue weighted by molar-refractivity contribution is 0.0936. The highest BCUT2D eigenvalue weighted by atomic mass is 19.3. The number of methoxy groups -OCH3 is 1. The molecule has 11 nitrogen and oxygen atoms in total. The number of hydrogen-bond donors (Lipinski definition) is 1. The largest absolute Gasteiger partial charge is 0.494 e. The third-order valence-electron chi connectivity index (χ3n) is 6.29. The van der Waals surface area contributed by atoms with Crippen LogP contribution in [0.3, 0.4) is 0 Å². The molecule has 1 aliphatic heterocycles. The van der Waals surface area contributed by atoms with E-state index in [0.717, 1.165) is 25.3 Å². The lowest BCUT2D eigenvalue weighted by Gasteiger charge is -2.22. The summed E-state index contributed by atoms with van der Waals surface area (Å²) in [7, 11) is 3.33. The van der Waals surface area contributed by atoms with Gasteiger partial charge < -0.3 is 10.1 Å². The third-order valence-corrected chi connectivity index (χ3v) is 6.29. The molecule has 0 radical (unpaired) electrons. The minimum absolute atomic E-state index is 0.0371. The number of likely N-dealkylation sites (N-methyl/N-ethyl adjacent to an activating group) is 1. The van der Waals surface area contributed by atoms with Crippen LogP contribution in [0.15, 0.2) is 30.6 Å². The Kier molecular flexibility index (Phi) is 6.89. The van der Waals surface area contributed by atoms with Crippen LogP contribution in [0.4, 0.5) is 13.2 Å². The molecular weight excluding hydrogens is 503 g/mol. The SMILES string of the molecule is COc1ccc(-n2cc(C)nn2)c(CNC(=O)c2cn(Cc3cc4n(n3)CCN(C)C4)nc2C(F)F)c1F. The van der Waals surface area contributed by atoms with Crippen molar-refractivity contribution in [2.75, 3.05) is 20.7 Å². The van der Waals surface area contributed by atoms with E-state index in [2.05, 4.69) is 30.7 Å². The number of aryl methyl sites for hydroxylation is 1. The zero-order chi connectivity index (χ0) is 27.0. The van der Waals surface area contributed by atoms with Crippen LogP contribution in [-0.2, 0) is 26.2 Å². The van der Waals surface area contributed by atoms with Gasteiger partial charge in [-0.3, -0.25) is 19.1 Å². The standard InChI is InChI=1S/C24H26F3N9O2/c1-14-10-36(32-29-14)19-4-5-20(38-3)21(25)17(19)9-28-24(37)18-13-34(31-22(18)23(26)27)11-15-8-16-12-33(2)6-7-35(16)30-15/h4-5,8,10,13,23H,6-7,9,11-12H2,1-3H3,(H,28,37). The van der Waals surface area contributed by atoms with Gasteiger partial charge in [-0.2, -0.15) is 10.2 Å². The Hall–Kier alpha value is -4.20. The minimum atomic E-state index is -2.98. The molecule has 0 saturated carbocycles. The molecule has 3 aromatic heterocycles. The lowest BCUT2D eigenvalue weighted by Crippen LogP contribution is -2.30. The first kappa shape index (κ1) is 25.4. The number of rotatable bonds is 8. The van der Waals surface area contributed by atoms with Gasteiger partial charge in [0.1, 0.15) is 5.69 Å². The van der Waals surface area contributed by atoms with E-state index >= 15 is 4.39 Å². The molecular formula is C24H26F3N9O2. The summed E-state index contributed by atoms with van der Waals surface area (Å²) < 4.78 is 52.4. The van der Waals surface area contributed by atoms with E-state index in [1.807, 2.05) is 17.8 Å². The fourth-order valence-corrected chi connectivity index (χ4v) is 4.41. The Balaban J connectivity index is 1.38. The van der Waals surface area contributed by atoms with Crippen LogP contribution in [0.2, 0.25) is 0 Å². The van der Waals surface area contributed by atoms with E-state index in [1.54, 1.807) is 19.2 Å². The molecule has 0 bridgehead atoms. The van der Waals surface area contributed by atoms with Crippen LogP contribution in [-0.4, -0.2) is 66.1 Å². The minimum Gasteiger partial charge on any atom is -0.494 e. The Bertz CT molecular complexity index is 1480. The second-order valence-electron chi connectivity index (χ2n) is 9.08. The first-order valence-corrected chi connectivity index (χ1v) is 11.9. The predicted octanol–water partition coefficient (Wildman–Crippen LogP) is 2.48. The van der Waals surface area contributed by atoms with Crippen molar-refractivity contribution in [3.8, 4) is 11.4 Å². The van der Waals surface area contributed by atoms with Crippen molar-refractivity contribution < 1.29 is 22.7 Å². The van der Waals surface area contributed by atoms with Crippen molar-refractivity contribution in [3.05, 3.63) is 70.3 Å². The summed E-state index contributed by atoms with van der Waals surface area (Å²) in [6.07, 6.45) is -0.134. The maximum atomic E-state index is 15.2. The lowest BCUT2D eigenvalue weighted by atomic mass is 10.1. The average Bonchev–Trinajstić information content (AvgIpc) is 3.61. The van der Waals surface area contributed by atoms with Crippen LogP contribution in [0, 0.1) is 12.7 Å². The van der Waals surface area contributed by atoms with Crippen molar-refractivity contribution in [2.45, 2.75) is 39.5 Å². The second kappa shape index (κ2) is 10.3. The number of alkyl halides is 2. The van der Waals surface area contributed by atoms with E-state index in [1.165, 1.54) is 28.7 Å². The first-order valence-electron chi connectivity index (χ1n) is 11.9. The molecule has 38 heavy (non-hydrogen) atoms. The van der Waals surface area contributed by atoms with Crippen molar-refractivity contribution in [3.63, 3.8) is 0 Å². The van der Waals surface area contributed by atoms with Gasteiger partial charge in [0.25, 0.3) is 12.3 Å². The van der Waals surface area contributed by atoms with Crippen LogP contribution < -0.4 is 10.1 Å². The fraction of sp³-hybridized carbons (Fsp3) is 0.375. The summed E-state index contributed by atoms with van der Waals surface area (Å²) in [5, 5.41) is 18.9. The summed E-state index contributed by atoms with van der Waals surface area (Å²) in [6.45, 7) is 3.87. The van der Waals surface area contributed by atoms with Crippen LogP contribution in [0.5, 0.6) is 5.75 Å². The molecule has 0 aliphatic carbocycles. The van der Waals surface area contributed by atoms with E-state index < -0.39 is 23.8 Å². The Morgan fingerprint density at radius 1 is 1.21 bits per heavy atom. The number of ether oxygens (including phenoxy) is 1. The molecule has 0 fully saturated rings. The van der Waals surface area contributed by atoms with Crippen LogP contribution >= 0.6 is 0 Å². The number of fused-ring (bicyclic) bond motifs is 1. The van der Waals surface area contributed by atoms with E-state index in [-0.39, 0.29) is 30.0 Å². The van der Waals surface area contributed by atoms with Gasteiger partial charge in [-0.05, 0) is 32.2 Å². The molecule has 1 aromatic carbocycles. The number of nitrogens with one attached hydrogen (secondary N) is 1. The Labute approximate surface area is 215 Å². The zero-order valence-corrected chi connectivity index (χ0v) is 21.0. The summed E-state index contributed by atoms with van der Waals surface area (Å²) in [6, 6.07) is 4.90. The molecule has 4 heterocycles. The predicted molar refractivity (Wildman–Crippen MR) is 129 cm³/mol. The molecule has 200 valence electrons. The quantitative estimate of drug-likeness (QED) is 0.374. The third kappa shape index (κ3) is 4.98. The van der Waals surface area contributed by atoms with Gasteiger partial charge in [0.2, 0.25) is 0 Å². The highest BCUT2D eigenvalue weighted by Gasteiger charge is 2.25. The maximum Gasteiger partial charge on any atom is 0.282 e.